The van der Waals surface area contributed by atoms with Crippen LogP contribution >= 0.6 is 0 Å². The van der Waals surface area contributed by atoms with E-state index in [0.717, 1.165) is 11.4 Å². The first-order valence-electron chi connectivity index (χ1n) is 10.3. The number of Topliss-reactive ketones (excluding diaryl/α,β-unsaturated/α-hetero) is 2. The van der Waals surface area contributed by atoms with Crippen LogP contribution in [-0.4, -0.2) is 34.0 Å². The maximum absolute atomic E-state index is 13.7. The van der Waals surface area contributed by atoms with E-state index >= 15 is 0 Å². The molecule has 3 aliphatic rings. The fourth-order valence-electron chi connectivity index (χ4n) is 3.90. The topological polar surface area (TPSA) is 65.3 Å². The Bertz CT molecular complexity index is 1210. The van der Waals surface area contributed by atoms with Gasteiger partial charge >= 0.3 is 0 Å². The van der Waals surface area contributed by atoms with E-state index in [9.17, 15) is 9.59 Å². The van der Waals surface area contributed by atoms with Crippen LogP contribution in [-0.2, 0) is 0 Å². The summed E-state index contributed by atoms with van der Waals surface area (Å²) in [5.41, 5.74) is 4.63. The average Bonchev–Trinajstić information content (AvgIpc) is 2.83. The molecule has 6 nitrogen and oxygen atoms in total. The summed E-state index contributed by atoms with van der Waals surface area (Å²) in [5.74, 6) is -0.318. The summed E-state index contributed by atoms with van der Waals surface area (Å²) in [6, 6.07) is 18.2. The maximum atomic E-state index is 13.7. The molecule has 0 saturated heterocycles. The highest BCUT2D eigenvalue weighted by molar-refractivity contribution is 6.15. The Morgan fingerprint density at radius 1 is 0.625 bits per heavy atom. The van der Waals surface area contributed by atoms with Gasteiger partial charge in [-0.05, 0) is 26.0 Å². The first kappa shape index (κ1) is 19.6. The lowest BCUT2D eigenvalue weighted by Gasteiger charge is -2.39. The molecule has 0 radical (unpaired) electrons. The van der Waals surface area contributed by atoms with Gasteiger partial charge in [-0.15, -0.1) is 0 Å². The summed E-state index contributed by atoms with van der Waals surface area (Å²) in [6.07, 6.45) is 6.87. The van der Waals surface area contributed by atoms with Gasteiger partial charge in [-0.2, -0.15) is 0 Å². The Balaban J connectivity index is 1.74. The second-order valence-electron chi connectivity index (χ2n) is 7.66. The summed E-state index contributed by atoms with van der Waals surface area (Å²) in [6.45, 7) is 3.72. The molecule has 0 aliphatic carbocycles. The third kappa shape index (κ3) is 3.22. The summed E-state index contributed by atoms with van der Waals surface area (Å²) < 4.78 is 0. The van der Waals surface area contributed by atoms with Crippen LogP contribution in [0, 0.1) is 0 Å². The number of nitrogens with zero attached hydrogens (tertiary/aromatic N) is 4. The molecule has 0 N–H and O–H groups in total. The predicted octanol–water partition coefficient (Wildman–Crippen LogP) is 4.68. The zero-order valence-electron chi connectivity index (χ0n) is 17.7. The quantitative estimate of drug-likeness (QED) is 0.674. The number of aliphatic imine (C=N–C) groups is 2. The van der Waals surface area contributed by atoms with Crippen molar-refractivity contribution < 1.29 is 9.59 Å². The highest BCUT2D eigenvalue weighted by Crippen LogP contribution is 2.38. The van der Waals surface area contributed by atoms with Crippen molar-refractivity contribution in [1.29, 1.82) is 0 Å². The van der Waals surface area contributed by atoms with Gasteiger partial charge in [0.25, 0.3) is 0 Å². The minimum atomic E-state index is -0.159. The Hall–Kier alpha value is -4.32. The normalized spacial score (nSPS) is 17.1. The smallest absolute Gasteiger partial charge is 0.211 e. The van der Waals surface area contributed by atoms with Crippen molar-refractivity contribution in [2.45, 2.75) is 13.8 Å². The highest BCUT2D eigenvalue weighted by Gasteiger charge is 2.39. The molecule has 2 aromatic rings. The molecule has 0 aromatic heterocycles. The first-order chi connectivity index (χ1) is 15.5. The zero-order chi connectivity index (χ0) is 22.2. The van der Waals surface area contributed by atoms with Crippen molar-refractivity contribution in [2.75, 3.05) is 0 Å². The molecular weight excluding hydrogens is 400 g/mol. The second-order valence-corrected chi connectivity index (χ2v) is 7.66. The van der Waals surface area contributed by atoms with Crippen LogP contribution in [0.1, 0.15) is 34.6 Å². The molecular formula is C26H20N4O2. The van der Waals surface area contributed by atoms with E-state index in [-0.39, 0.29) is 11.6 Å². The van der Waals surface area contributed by atoms with Gasteiger partial charge in [-0.1, -0.05) is 60.7 Å². The Morgan fingerprint density at radius 3 is 1.38 bits per heavy atom. The van der Waals surface area contributed by atoms with Crippen LogP contribution in [0.4, 0.5) is 0 Å². The summed E-state index contributed by atoms with van der Waals surface area (Å²) in [5, 5.41) is 0. The summed E-state index contributed by atoms with van der Waals surface area (Å²) in [4.78, 5) is 39.6. The number of carbonyl (C=O) groups excluding carboxylic acids is 2. The Labute approximate surface area is 185 Å². The first-order valence-corrected chi connectivity index (χ1v) is 10.3. The van der Waals surface area contributed by atoms with Crippen molar-refractivity contribution in [1.82, 2.24) is 9.80 Å². The van der Waals surface area contributed by atoms with Crippen LogP contribution < -0.4 is 0 Å². The van der Waals surface area contributed by atoms with E-state index < -0.39 is 0 Å². The number of fused-ring (bicyclic) bond motifs is 2. The largest absolute Gasteiger partial charge is 0.293 e. The number of benzene rings is 2. The van der Waals surface area contributed by atoms with Crippen molar-refractivity contribution in [2.24, 2.45) is 9.98 Å². The number of ketones is 2. The van der Waals surface area contributed by atoms with E-state index in [2.05, 4.69) is 9.98 Å². The average molecular weight is 420 g/mol. The van der Waals surface area contributed by atoms with Crippen molar-refractivity contribution in [3.63, 3.8) is 0 Å². The van der Waals surface area contributed by atoms with E-state index in [1.807, 2.05) is 62.4 Å². The van der Waals surface area contributed by atoms with Gasteiger partial charge in [0.05, 0.1) is 11.4 Å². The van der Waals surface area contributed by atoms with Gasteiger partial charge in [0, 0.05) is 22.5 Å². The van der Waals surface area contributed by atoms with Gasteiger partial charge in [-0.3, -0.25) is 19.4 Å². The molecule has 32 heavy (non-hydrogen) atoms. The molecule has 3 aliphatic heterocycles. The van der Waals surface area contributed by atoms with Crippen LogP contribution in [0.25, 0.3) is 0 Å². The zero-order valence-corrected chi connectivity index (χ0v) is 17.7. The van der Waals surface area contributed by atoms with Gasteiger partial charge in [0.2, 0.25) is 11.6 Å². The molecule has 0 amide bonds. The van der Waals surface area contributed by atoms with Gasteiger partial charge in [0.1, 0.15) is 24.1 Å². The number of hydrogen-bond acceptors (Lipinski definition) is 6. The van der Waals surface area contributed by atoms with Crippen molar-refractivity contribution in [3.8, 4) is 0 Å². The lowest BCUT2D eigenvalue weighted by Crippen LogP contribution is -2.42. The molecule has 5 rings (SSSR count). The van der Waals surface area contributed by atoms with Crippen molar-refractivity contribution >= 4 is 24.2 Å². The van der Waals surface area contributed by atoms with Crippen molar-refractivity contribution in [3.05, 3.63) is 118 Å². The van der Waals surface area contributed by atoms with E-state index in [0.29, 0.717) is 33.9 Å². The van der Waals surface area contributed by atoms with E-state index in [1.165, 1.54) is 0 Å². The van der Waals surface area contributed by atoms with Crippen LogP contribution in [0.5, 0.6) is 0 Å². The third-order valence-corrected chi connectivity index (χ3v) is 5.43. The number of allylic oxidation sites excluding steroid dienone is 6. The standard InChI is InChI=1S/C26H20N4O2/c1-17-13-21-23(25(31)19-9-5-3-6-10-19)30-16-28-18(2)14-22(30)24(29(21)15-27-17)26(32)20-11-7-4-8-12-20/h3-16H,1-2H3. The Morgan fingerprint density at radius 2 is 1.00 bits per heavy atom. The SMILES string of the molecule is CC1=CC2=C(C(=O)c3ccccc3)N3C=NC(C)=CC3=C(C(=O)c3ccccc3)N2C=N1. The van der Waals surface area contributed by atoms with Crippen LogP contribution in [0.3, 0.4) is 0 Å². The highest BCUT2D eigenvalue weighted by atomic mass is 16.1. The molecule has 0 saturated carbocycles. The van der Waals surface area contributed by atoms with Gasteiger partial charge < -0.3 is 0 Å². The molecule has 156 valence electrons. The molecule has 0 fully saturated rings. The van der Waals surface area contributed by atoms with Crippen LogP contribution in [0.15, 0.2) is 117 Å². The predicted molar refractivity (Wildman–Crippen MR) is 124 cm³/mol. The number of carbonyl (C=O) groups is 2. The summed E-state index contributed by atoms with van der Waals surface area (Å²) in [7, 11) is 0. The minimum absolute atomic E-state index is 0.159. The summed E-state index contributed by atoms with van der Waals surface area (Å²) >= 11 is 0. The number of rotatable bonds is 4. The van der Waals surface area contributed by atoms with Gasteiger partial charge in [-0.25, -0.2) is 9.98 Å². The molecule has 6 heteroatoms. The fraction of sp³-hybridized carbons (Fsp3) is 0.0769. The lowest BCUT2D eigenvalue weighted by atomic mass is 9.97. The van der Waals surface area contributed by atoms with E-state index in [1.54, 1.807) is 46.7 Å². The third-order valence-electron chi connectivity index (χ3n) is 5.43. The molecule has 2 aromatic carbocycles. The Kier molecular flexibility index (Phi) is 4.75. The molecule has 3 heterocycles. The van der Waals surface area contributed by atoms with Crippen LogP contribution in [0.2, 0.25) is 0 Å². The van der Waals surface area contributed by atoms with E-state index in [4.69, 9.17) is 0 Å². The lowest BCUT2D eigenvalue weighted by molar-refractivity contribution is 0.0981. The molecule has 0 bridgehead atoms. The van der Waals surface area contributed by atoms with Gasteiger partial charge in [0.15, 0.2) is 0 Å². The fourth-order valence-corrected chi connectivity index (χ4v) is 3.90. The second kappa shape index (κ2) is 7.74. The molecule has 0 spiro atoms. The molecule has 0 atom stereocenters. The minimum Gasteiger partial charge on any atom is -0.293 e. The molecule has 0 unspecified atom stereocenters. The monoisotopic (exact) mass is 420 g/mol. The maximum Gasteiger partial charge on any atom is 0.211 e. The number of hydrogen-bond donors (Lipinski definition) is 0.